The molecule has 2 saturated heterocycles. The molecule has 2 unspecified atom stereocenters. The molecular weight excluding hydrogens is 240 g/mol. The molecule has 0 radical (unpaired) electrons. The third kappa shape index (κ3) is 4.77. The number of amides is 1. The lowest BCUT2D eigenvalue weighted by atomic mass is 10.0. The Morgan fingerprint density at radius 1 is 1.32 bits per heavy atom. The van der Waals surface area contributed by atoms with Gasteiger partial charge in [0, 0.05) is 26.2 Å². The monoisotopic (exact) mass is 268 g/mol. The summed E-state index contributed by atoms with van der Waals surface area (Å²) < 4.78 is 5.73. The molecule has 0 saturated carbocycles. The molecule has 0 aromatic rings. The van der Waals surface area contributed by atoms with Crippen LogP contribution in [0.2, 0.25) is 0 Å². The molecule has 2 fully saturated rings. The van der Waals surface area contributed by atoms with Crippen LogP contribution < -0.4 is 0 Å². The zero-order valence-electron chi connectivity index (χ0n) is 12.4. The van der Waals surface area contributed by atoms with Gasteiger partial charge in [-0.15, -0.1) is 0 Å². The summed E-state index contributed by atoms with van der Waals surface area (Å²) in [4.78, 5) is 16.4. The minimum absolute atomic E-state index is 0.282. The van der Waals surface area contributed by atoms with Gasteiger partial charge in [-0.3, -0.25) is 9.69 Å². The Morgan fingerprint density at radius 3 is 2.84 bits per heavy atom. The van der Waals surface area contributed by atoms with Crippen LogP contribution in [0.1, 0.15) is 39.0 Å². The summed E-state index contributed by atoms with van der Waals surface area (Å²) in [7, 11) is 2.03. The maximum atomic E-state index is 12.2. The van der Waals surface area contributed by atoms with Gasteiger partial charge in [-0.2, -0.15) is 0 Å². The number of carbonyl (C=O) groups excluding carboxylic acids is 1. The minimum Gasteiger partial charge on any atom is -0.377 e. The topological polar surface area (TPSA) is 32.8 Å². The minimum atomic E-state index is 0.282. The second kappa shape index (κ2) is 7.25. The van der Waals surface area contributed by atoms with Crippen molar-refractivity contribution < 1.29 is 9.53 Å². The van der Waals surface area contributed by atoms with Crippen LogP contribution in [0.3, 0.4) is 0 Å². The molecule has 0 spiro atoms. The summed E-state index contributed by atoms with van der Waals surface area (Å²) in [5.41, 5.74) is 0. The Balaban J connectivity index is 1.71. The normalized spacial score (nSPS) is 28.7. The van der Waals surface area contributed by atoms with Gasteiger partial charge in [0.1, 0.15) is 0 Å². The SMILES string of the molecule is CC1CCCN(C(=O)CN(C)CC2CCCCO2)C1. The molecule has 2 heterocycles. The number of rotatable bonds is 4. The van der Waals surface area contributed by atoms with Crippen molar-refractivity contribution in [1.29, 1.82) is 0 Å². The Labute approximate surface area is 117 Å². The predicted octanol–water partition coefficient (Wildman–Crippen LogP) is 1.75. The maximum absolute atomic E-state index is 12.2. The average molecular weight is 268 g/mol. The lowest BCUT2D eigenvalue weighted by molar-refractivity contribution is -0.134. The molecule has 2 atom stereocenters. The van der Waals surface area contributed by atoms with E-state index in [0.29, 0.717) is 18.6 Å². The van der Waals surface area contributed by atoms with Gasteiger partial charge in [0.2, 0.25) is 5.91 Å². The molecule has 0 aromatic carbocycles. The summed E-state index contributed by atoms with van der Waals surface area (Å²) in [6.45, 7) is 6.42. The van der Waals surface area contributed by atoms with Crippen molar-refractivity contribution in [2.24, 2.45) is 5.92 Å². The van der Waals surface area contributed by atoms with Gasteiger partial charge in [-0.1, -0.05) is 6.92 Å². The van der Waals surface area contributed by atoms with Gasteiger partial charge in [-0.05, 0) is 45.1 Å². The fraction of sp³-hybridized carbons (Fsp3) is 0.933. The summed E-state index contributed by atoms with van der Waals surface area (Å²) in [6.07, 6.45) is 6.32. The maximum Gasteiger partial charge on any atom is 0.236 e. The van der Waals surface area contributed by atoms with E-state index in [1.54, 1.807) is 0 Å². The molecule has 0 aliphatic carbocycles. The second-order valence-electron chi connectivity index (χ2n) is 6.27. The quantitative estimate of drug-likeness (QED) is 0.778. The third-order valence-corrected chi connectivity index (χ3v) is 4.20. The molecule has 2 rings (SSSR count). The highest BCUT2D eigenvalue weighted by atomic mass is 16.5. The molecule has 0 aromatic heterocycles. The van der Waals surface area contributed by atoms with Crippen molar-refractivity contribution in [3.63, 3.8) is 0 Å². The number of nitrogens with zero attached hydrogens (tertiary/aromatic N) is 2. The molecule has 2 aliphatic rings. The largest absolute Gasteiger partial charge is 0.377 e. The van der Waals surface area contributed by atoms with E-state index in [9.17, 15) is 4.79 Å². The molecule has 1 amide bonds. The lowest BCUT2D eigenvalue weighted by Crippen LogP contribution is -2.45. The van der Waals surface area contributed by atoms with Crippen LogP contribution in [0.25, 0.3) is 0 Å². The van der Waals surface area contributed by atoms with Crippen LogP contribution in [0.4, 0.5) is 0 Å². The van der Waals surface area contributed by atoms with Gasteiger partial charge in [0.25, 0.3) is 0 Å². The van der Waals surface area contributed by atoms with Crippen LogP contribution in [0.5, 0.6) is 0 Å². The molecule has 0 bridgehead atoms. The number of piperidine rings is 1. The first-order valence-electron chi connectivity index (χ1n) is 7.73. The number of hydrogen-bond acceptors (Lipinski definition) is 3. The first kappa shape index (κ1) is 14.8. The zero-order chi connectivity index (χ0) is 13.7. The van der Waals surface area contributed by atoms with E-state index in [-0.39, 0.29) is 5.91 Å². The molecular formula is C15H28N2O2. The smallest absolute Gasteiger partial charge is 0.236 e. The number of ether oxygens (including phenoxy) is 1. The fourth-order valence-electron chi connectivity index (χ4n) is 3.11. The number of carbonyl (C=O) groups is 1. The summed E-state index contributed by atoms with van der Waals surface area (Å²) in [5, 5.41) is 0. The van der Waals surface area contributed by atoms with E-state index in [4.69, 9.17) is 4.74 Å². The fourth-order valence-corrected chi connectivity index (χ4v) is 3.11. The van der Waals surface area contributed by atoms with E-state index >= 15 is 0 Å². The van der Waals surface area contributed by atoms with E-state index in [1.165, 1.54) is 19.3 Å². The molecule has 2 aliphatic heterocycles. The second-order valence-corrected chi connectivity index (χ2v) is 6.27. The van der Waals surface area contributed by atoms with E-state index < -0.39 is 0 Å². The van der Waals surface area contributed by atoms with Crippen molar-refractivity contribution in [3.8, 4) is 0 Å². The van der Waals surface area contributed by atoms with Crippen LogP contribution >= 0.6 is 0 Å². The van der Waals surface area contributed by atoms with Gasteiger partial charge >= 0.3 is 0 Å². The van der Waals surface area contributed by atoms with E-state index in [0.717, 1.165) is 39.1 Å². The average Bonchev–Trinajstić information content (AvgIpc) is 2.39. The van der Waals surface area contributed by atoms with Gasteiger partial charge < -0.3 is 9.64 Å². The van der Waals surface area contributed by atoms with Crippen molar-refractivity contribution in [2.75, 3.05) is 39.8 Å². The first-order chi connectivity index (χ1) is 9.15. The highest BCUT2D eigenvalue weighted by molar-refractivity contribution is 5.78. The van der Waals surface area contributed by atoms with Crippen molar-refractivity contribution in [3.05, 3.63) is 0 Å². The first-order valence-corrected chi connectivity index (χ1v) is 7.73. The Kier molecular flexibility index (Phi) is 5.64. The van der Waals surface area contributed by atoms with Gasteiger partial charge in [-0.25, -0.2) is 0 Å². The zero-order valence-corrected chi connectivity index (χ0v) is 12.4. The summed E-state index contributed by atoms with van der Waals surface area (Å²) >= 11 is 0. The summed E-state index contributed by atoms with van der Waals surface area (Å²) in [6, 6.07) is 0. The Bertz CT molecular complexity index is 290. The number of hydrogen-bond donors (Lipinski definition) is 0. The highest BCUT2D eigenvalue weighted by Crippen LogP contribution is 2.16. The van der Waals surface area contributed by atoms with Gasteiger partial charge in [0.15, 0.2) is 0 Å². The molecule has 4 heteroatoms. The summed E-state index contributed by atoms with van der Waals surface area (Å²) in [5.74, 6) is 0.939. The van der Waals surface area contributed by atoms with Gasteiger partial charge in [0.05, 0.1) is 12.6 Å². The Morgan fingerprint density at radius 2 is 2.16 bits per heavy atom. The van der Waals surface area contributed by atoms with Crippen molar-refractivity contribution >= 4 is 5.91 Å². The van der Waals surface area contributed by atoms with Crippen LogP contribution in [-0.4, -0.2) is 61.6 Å². The standard InChI is InChI=1S/C15H28N2O2/c1-13-6-5-8-17(10-13)15(18)12-16(2)11-14-7-3-4-9-19-14/h13-14H,3-12H2,1-2H3. The Hall–Kier alpha value is -0.610. The molecule has 19 heavy (non-hydrogen) atoms. The van der Waals surface area contributed by atoms with E-state index in [1.807, 2.05) is 11.9 Å². The van der Waals surface area contributed by atoms with Crippen molar-refractivity contribution in [1.82, 2.24) is 9.80 Å². The van der Waals surface area contributed by atoms with Crippen LogP contribution in [0, 0.1) is 5.92 Å². The van der Waals surface area contributed by atoms with Crippen LogP contribution in [-0.2, 0) is 9.53 Å². The highest BCUT2D eigenvalue weighted by Gasteiger charge is 2.23. The van der Waals surface area contributed by atoms with Crippen molar-refractivity contribution in [2.45, 2.75) is 45.1 Å². The lowest BCUT2D eigenvalue weighted by Gasteiger charge is -2.33. The van der Waals surface area contributed by atoms with Crippen LogP contribution in [0.15, 0.2) is 0 Å². The van der Waals surface area contributed by atoms with E-state index in [2.05, 4.69) is 11.8 Å². The molecule has 0 N–H and O–H groups in total. The third-order valence-electron chi connectivity index (χ3n) is 4.20. The molecule has 4 nitrogen and oxygen atoms in total. The predicted molar refractivity (Wildman–Crippen MR) is 76.1 cm³/mol. The number of likely N-dealkylation sites (N-methyl/N-ethyl adjacent to an activating group) is 1. The molecule has 110 valence electrons. The number of likely N-dealkylation sites (tertiary alicyclic amines) is 1.